The van der Waals surface area contributed by atoms with Crippen LogP contribution < -0.4 is 25.6 Å². The summed E-state index contributed by atoms with van der Waals surface area (Å²) in [7, 11) is -3.88. The van der Waals surface area contributed by atoms with Gasteiger partial charge in [0.25, 0.3) is 10.0 Å². The molecule has 1 aliphatic heterocycles. The molecule has 0 saturated carbocycles. The van der Waals surface area contributed by atoms with Gasteiger partial charge in [0.15, 0.2) is 5.37 Å². The van der Waals surface area contributed by atoms with Gasteiger partial charge in [-0.2, -0.15) is 0 Å². The maximum absolute atomic E-state index is 12.8. The monoisotopic (exact) mass is 424 g/mol. The van der Waals surface area contributed by atoms with Crippen LogP contribution in [0.4, 0.5) is 11.4 Å². The third kappa shape index (κ3) is 4.93. The van der Waals surface area contributed by atoms with E-state index in [1.165, 1.54) is 0 Å². The highest BCUT2D eigenvalue weighted by atomic mass is 35.5. The first kappa shape index (κ1) is 20.4. The van der Waals surface area contributed by atoms with E-state index >= 15 is 0 Å². The van der Waals surface area contributed by atoms with Crippen LogP contribution in [0.5, 0.6) is 5.75 Å². The molecular weight excluding hydrogens is 404 g/mol. The van der Waals surface area contributed by atoms with Crippen molar-refractivity contribution in [3.05, 3.63) is 53.6 Å². The molecule has 1 saturated heterocycles. The molecule has 0 spiro atoms. The SMILES string of the molecule is CCOc1ccc(NS(=O)(=O)C2NNCC2C(=O)Nc2cccc(Cl)c2)cc1. The highest BCUT2D eigenvalue weighted by molar-refractivity contribution is 7.93. The van der Waals surface area contributed by atoms with Crippen LogP contribution in [-0.2, 0) is 14.8 Å². The van der Waals surface area contributed by atoms with Gasteiger partial charge in [-0.3, -0.25) is 14.9 Å². The van der Waals surface area contributed by atoms with Crippen LogP contribution in [0, 0.1) is 5.92 Å². The number of ether oxygens (including phenoxy) is 1. The molecule has 2 aromatic rings. The van der Waals surface area contributed by atoms with E-state index in [-0.39, 0.29) is 6.54 Å². The molecule has 8 nitrogen and oxygen atoms in total. The summed E-state index contributed by atoms with van der Waals surface area (Å²) in [5, 5.41) is 2.03. The van der Waals surface area contributed by atoms with Crippen molar-refractivity contribution in [2.75, 3.05) is 23.2 Å². The first-order chi connectivity index (χ1) is 13.4. The smallest absolute Gasteiger partial charge is 0.250 e. The Morgan fingerprint density at radius 2 is 1.96 bits per heavy atom. The lowest BCUT2D eigenvalue weighted by Gasteiger charge is -2.19. The van der Waals surface area contributed by atoms with Crippen molar-refractivity contribution >= 4 is 38.9 Å². The Balaban J connectivity index is 1.70. The van der Waals surface area contributed by atoms with Gasteiger partial charge in [0.05, 0.1) is 12.5 Å². The fourth-order valence-corrected chi connectivity index (χ4v) is 4.49. The van der Waals surface area contributed by atoms with Crippen molar-refractivity contribution in [1.82, 2.24) is 10.9 Å². The Hall–Kier alpha value is -2.33. The molecule has 3 rings (SSSR count). The number of carbonyl (C=O) groups is 1. The minimum Gasteiger partial charge on any atom is -0.494 e. The van der Waals surface area contributed by atoms with Crippen LogP contribution in [0.25, 0.3) is 0 Å². The van der Waals surface area contributed by atoms with E-state index in [2.05, 4.69) is 20.9 Å². The van der Waals surface area contributed by atoms with E-state index < -0.39 is 27.2 Å². The number of hydrogen-bond acceptors (Lipinski definition) is 6. The van der Waals surface area contributed by atoms with Gasteiger partial charge >= 0.3 is 0 Å². The molecule has 28 heavy (non-hydrogen) atoms. The molecule has 1 fully saturated rings. The second kappa shape index (κ2) is 8.78. The second-order valence-corrected chi connectivity index (χ2v) is 8.39. The lowest BCUT2D eigenvalue weighted by atomic mass is 10.1. The molecule has 150 valence electrons. The number of nitrogens with one attached hydrogen (secondary N) is 4. The van der Waals surface area contributed by atoms with E-state index in [0.29, 0.717) is 28.8 Å². The summed E-state index contributed by atoms with van der Waals surface area (Å²) in [5.74, 6) is -0.620. The van der Waals surface area contributed by atoms with E-state index in [0.717, 1.165) is 0 Å². The number of carbonyl (C=O) groups excluding carboxylic acids is 1. The first-order valence-corrected chi connectivity index (χ1v) is 10.6. The van der Waals surface area contributed by atoms with Crippen LogP contribution in [0.15, 0.2) is 48.5 Å². The molecule has 2 atom stereocenters. The van der Waals surface area contributed by atoms with Gasteiger partial charge in [-0.15, -0.1) is 0 Å². The van der Waals surface area contributed by atoms with Gasteiger partial charge in [0.1, 0.15) is 5.75 Å². The average Bonchev–Trinajstić information content (AvgIpc) is 3.14. The van der Waals surface area contributed by atoms with Crippen LogP contribution in [-0.4, -0.2) is 32.9 Å². The Morgan fingerprint density at radius 1 is 1.21 bits per heavy atom. The Morgan fingerprint density at radius 3 is 2.64 bits per heavy atom. The van der Waals surface area contributed by atoms with Gasteiger partial charge in [0.2, 0.25) is 5.91 Å². The molecule has 10 heteroatoms. The van der Waals surface area contributed by atoms with E-state index in [1.54, 1.807) is 48.5 Å². The van der Waals surface area contributed by atoms with E-state index in [1.807, 2.05) is 6.92 Å². The number of benzene rings is 2. The minimum absolute atomic E-state index is 0.168. The zero-order valence-electron chi connectivity index (χ0n) is 15.1. The predicted molar refractivity (Wildman–Crippen MR) is 109 cm³/mol. The standard InChI is InChI=1S/C18H21ClN4O4S/c1-2-27-15-8-6-13(7-9-15)23-28(25,26)18-16(11-20-22-18)17(24)21-14-5-3-4-12(19)10-14/h3-10,16,18,20,22-23H,2,11H2,1H3,(H,21,24). The molecular formula is C18H21ClN4O4S. The third-order valence-corrected chi connectivity index (χ3v) is 5.99. The van der Waals surface area contributed by atoms with Crippen molar-refractivity contribution in [2.45, 2.75) is 12.3 Å². The van der Waals surface area contributed by atoms with Crippen LogP contribution in [0.3, 0.4) is 0 Å². The highest BCUT2D eigenvalue weighted by Gasteiger charge is 2.41. The predicted octanol–water partition coefficient (Wildman–Crippen LogP) is 2.17. The second-order valence-electron chi connectivity index (χ2n) is 6.16. The summed E-state index contributed by atoms with van der Waals surface area (Å²) in [6.45, 7) is 2.55. The average molecular weight is 425 g/mol. The number of rotatable bonds is 7. The maximum atomic E-state index is 12.8. The van der Waals surface area contributed by atoms with Gasteiger partial charge in [-0.25, -0.2) is 13.8 Å². The normalized spacial score (nSPS) is 19.2. The number of hydrogen-bond donors (Lipinski definition) is 4. The summed E-state index contributed by atoms with van der Waals surface area (Å²) in [4.78, 5) is 12.6. The Bertz CT molecular complexity index is 937. The largest absolute Gasteiger partial charge is 0.494 e. The van der Waals surface area contributed by atoms with Crippen molar-refractivity contribution < 1.29 is 17.9 Å². The van der Waals surface area contributed by atoms with Crippen molar-refractivity contribution in [3.63, 3.8) is 0 Å². The fraction of sp³-hybridized carbons (Fsp3) is 0.278. The Kier molecular flexibility index (Phi) is 6.40. The zero-order valence-corrected chi connectivity index (χ0v) is 16.7. The zero-order chi connectivity index (χ0) is 20.1. The number of halogens is 1. The van der Waals surface area contributed by atoms with Gasteiger partial charge in [0, 0.05) is 22.9 Å². The molecule has 4 N–H and O–H groups in total. The maximum Gasteiger partial charge on any atom is 0.250 e. The first-order valence-electron chi connectivity index (χ1n) is 8.68. The van der Waals surface area contributed by atoms with Crippen LogP contribution in [0.1, 0.15) is 6.92 Å². The van der Waals surface area contributed by atoms with E-state index in [4.69, 9.17) is 16.3 Å². The van der Waals surface area contributed by atoms with Gasteiger partial charge in [-0.05, 0) is 49.4 Å². The third-order valence-electron chi connectivity index (χ3n) is 4.12. The van der Waals surface area contributed by atoms with Crippen LogP contribution in [0.2, 0.25) is 5.02 Å². The summed E-state index contributed by atoms with van der Waals surface area (Å²) in [5.41, 5.74) is 6.29. The van der Waals surface area contributed by atoms with Crippen molar-refractivity contribution in [2.24, 2.45) is 5.92 Å². The number of sulfonamides is 1. The molecule has 1 heterocycles. The fourth-order valence-electron chi connectivity index (χ4n) is 2.82. The number of anilines is 2. The summed E-state index contributed by atoms with van der Waals surface area (Å²) in [6, 6.07) is 13.2. The molecule has 0 bridgehead atoms. The Labute approximate surface area is 168 Å². The molecule has 1 amide bonds. The van der Waals surface area contributed by atoms with Crippen molar-refractivity contribution in [3.8, 4) is 5.75 Å². The number of amides is 1. The summed E-state index contributed by atoms with van der Waals surface area (Å²) >= 11 is 5.92. The summed E-state index contributed by atoms with van der Waals surface area (Å²) in [6.07, 6.45) is 0. The van der Waals surface area contributed by atoms with Crippen LogP contribution >= 0.6 is 11.6 Å². The summed E-state index contributed by atoms with van der Waals surface area (Å²) < 4.78 is 33.4. The lowest BCUT2D eigenvalue weighted by Crippen LogP contribution is -2.45. The molecule has 1 aliphatic rings. The minimum atomic E-state index is -3.88. The molecule has 2 aromatic carbocycles. The van der Waals surface area contributed by atoms with Gasteiger partial charge < -0.3 is 10.1 Å². The lowest BCUT2D eigenvalue weighted by molar-refractivity contribution is -0.119. The number of hydrazine groups is 1. The van der Waals surface area contributed by atoms with Gasteiger partial charge in [-0.1, -0.05) is 17.7 Å². The molecule has 2 unspecified atom stereocenters. The van der Waals surface area contributed by atoms with Crippen molar-refractivity contribution in [1.29, 1.82) is 0 Å². The quantitative estimate of drug-likeness (QED) is 0.542. The van der Waals surface area contributed by atoms with E-state index in [9.17, 15) is 13.2 Å². The highest BCUT2D eigenvalue weighted by Crippen LogP contribution is 2.22. The molecule has 0 aromatic heterocycles. The topological polar surface area (TPSA) is 109 Å². The molecule has 0 radical (unpaired) electrons. The molecule has 0 aliphatic carbocycles.